The van der Waals surface area contributed by atoms with Crippen molar-refractivity contribution in [2.45, 2.75) is 183 Å². The molecule has 476 valence electrons. The standard InChI is InChI=1S/C77H92N2O11/c1-42-53-15-7-6-13-46(53)19-24-70(42)22-9-23-73-60(70)33-52-32-51-30-45-18-25-74-68(85)87-40-72(76(52,74)90-73)62-49(37-71(51,74)35-45)36-69(2)65(55-21-27-86-59(55)34-56(58(81)39-80)47-16-17-54-48(31-47)20-26-79-41-78-38-57(54)79)88-67(84)66-77(69,89-66)75(62,64(83)61(82)63(72)73)50-14-8-12-44(29-50)28-43-10-4-3-5-11-43/h3-5,9-11,18-22,24-27,33,42,44-51,53-54,56-58,60,62-66,78,80-81,83H,6-8,12-17,23,28-32,34-41H2,1-2H3. The molecule has 0 radical (unpaired) electrons. The lowest BCUT2D eigenvalue weighted by Crippen LogP contribution is -2.83. The zero-order valence-electron chi connectivity index (χ0n) is 52.6. The van der Waals surface area contributed by atoms with Crippen LogP contribution in [0, 0.1) is 121 Å². The second kappa shape index (κ2) is 18.4. The highest BCUT2D eigenvalue weighted by Crippen LogP contribution is 2.93. The summed E-state index contributed by atoms with van der Waals surface area (Å²) in [5.41, 5.74) is -6.37. The molecule has 20 rings (SSSR count). The number of benzene rings is 1. The molecule has 13 heteroatoms. The van der Waals surface area contributed by atoms with Crippen molar-refractivity contribution in [1.29, 1.82) is 0 Å². The number of Topliss-reactive ketones (excluding diaryl/α,β-unsaturated/α-hetero) is 1. The first-order valence-electron chi connectivity index (χ1n) is 36.0. The lowest BCUT2D eigenvalue weighted by Gasteiger charge is -2.73. The Labute approximate surface area is 529 Å². The highest BCUT2D eigenvalue weighted by atomic mass is 16.7. The zero-order chi connectivity index (χ0) is 60.5. The van der Waals surface area contributed by atoms with Crippen LogP contribution in [0.1, 0.15) is 146 Å². The molecule has 11 aliphatic carbocycles. The van der Waals surface area contributed by atoms with E-state index in [-0.39, 0.29) is 78.2 Å². The third-order valence-corrected chi connectivity index (χ3v) is 31.5. The normalized spacial score (nSPS) is 54.0. The van der Waals surface area contributed by atoms with Crippen LogP contribution in [-0.2, 0) is 46.2 Å². The number of rotatable bonds is 9. The molecule has 5 saturated heterocycles. The zero-order valence-corrected chi connectivity index (χ0v) is 52.6. The first kappa shape index (κ1) is 55.8. The van der Waals surface area contributed by atoms with Gasteiger partial charge in [0.15, 0.2) is 11.9 Å². The molecular formula is C77H92N2O11. The van der Waals surface area contributed by atoms with E-state index >= 15 is 19.5 Å². The van der Waals surface area contributed by atoms with E-state index in [9.17, 15) is 10.2 Å². The Bertz CT molecular complexity index is 3570. The van der Waals surface area contributed by atoms with E-state index in [1.807, 2.05) is 6.07 Å². The summed E-state index contributed by atoms with van der Waals surface area (Å²) in [7, 11) is 0. The van der Waals surface area contributed by atoms with E-state index in [1.165, 1.54) is 36.8 Å². The molecule has 18 aliphatic rings. The van der Waals surface area contributed by atoms with Crippen molar-refractivity contribution >= 4 is 17.7 Å². The number of esters is 2. The fraction of sp³-hybridized carbons (Fsp3) is 0.701. The van der Waals surface area contributed by atoms with E-state index in [4.69, 9.17) is 23.4 Å². The molecule has 7 aliphatic heterocycles. The van der Waals surface area contributed by atoms with Gasteiger partial charge in [-0.25, -0.2) is 4.79 Å². The summed E-state index contributed by atoms with van der Waals surface area (Å²) >= 11 is 0. The monoisotopic (exact) mass is 1220 g/mol. The van der Waals surface area contributed by atoms with E-state index in [1.54, 1.807) is 6.26 Å². The number of nitrogens with zero attached hydrogens (tertiary/aromatic N) is 1. The lowest BCUT2D eigenvalue weighted by molar-refractivity contribution is -0.308. The fourth-order valence-electron chi connectivity index (χ4n) is 29.0. The quantitative estimate of drug-likeness (QED) is 0.106. The Morgan fingerprint density at radius 2 is 1.74 bits per heavy atom. The molecule has 13 nitrogen and oxygen atoms in total. The second-order valence-corrected chi connectivity index (χ2v) is 33.9. The van der Waals surface area contributed by atoms with E-state index < -0.39 is 91.5 Å². The number of ketones is 1. The molecule has 90 heavy (non-hydrogen) atoms. The van der Waals surface area contributed by atoms with E-state index in [0.29, 0.717) is 61.2 Å². The highest BCUT2D eigenvalue weighted by molar-refractivity contribution is 5.96. The molecule has 29 atom stereocenters. The average molecular weight is 1220 g/mol. The number of fused-ring (bicyclic) bond motifs is 6. The fourth-order valence-corrected chi connectivity index (χ4v) is 29.0. The number of furan rings is 1. The van der Waals surface area contributed by atoms with Gasteiger partial charge in [0.2, 0.25) is 0 Å². The van der Waals surface area contributed by atoms with Gasteiger partial charge in [-0.15, -0.1) is 0 Å². The summed E-state index contributed by atoms with van der Waals surface area (Å²) < 4.78 is 37.6. The summed E-state index contributed by atoms with van der Waals surface area (Å²) in [6, 6.07) is 13.2. The number of carbonyl (C=O) groups is 3. The predicted octanol–water partition coefficient (Wildman–Crippen LogP) is 10.5. The number of nitrogens with one attached hydrogen (secondary N) is 1. The number of cyclic esters (lactones) is 2. The van der Waals surface area contributed by atoms with Crippen LogP contribution < -0.4 is 5.32 Å². The highest BCUT2D eigenvalue weighted by Gasteiger charge is 3.01. The van der Waals surface area contributed by atoms with Crippen molar-refractivity contribution in [2.75, 3.05) is 26.4 Å². The van der Waals surface area contributed by atoms with Gasteiger partial charge in [-0.3, -0.25) is 14.9 Å². The molecule has 0 amide bonds. The van der Waals surface area contributed by atoms with Gasteiger partial charge in [0, 0.05) is 46.7 Å². The molecule has 8 saturated carbocycles. The Balaban J connectivity index is 0.793. The predicted molar refractivity (Wildman–Crippen MR) is 331 cm³/mol. The van der Waals surface area contributed by atoms with Gasteiger partial charge >= 0.3 is 11.9 Å². The molecule has 4 N–H and O–H groups in total. The Hall–Kier alpha value is -4.63. The molecule has 2 aromatic rings. The number of aliphatic hydroxyl groups excluding tert-OH is 3. The number of hydrogen-bond acceptors (Lipinski definition) is 13. The minimum absolute atomic E-state index is 0.0105. The number of aliphatic hydroxyl groups is 3. The number of epoxide rings is 1. The van der Waals surface area contributed by atoms with Crippen molar-refractivity contribution in [3.05, 3.63) is 120 Å². The summed E-state index contributed by atoms with van der Waals surface area (Å²) in [6.07, 6.45) is 35.7. The number of carbonyl (C=O) groups excluding carboxylic acids is 3. The van der Waals surface area contributed by atoms with Gasteiger partial charge in [-0.1, -0.05) is 118 Å². The van der Waals surface area contributed by atoms with E-state index in [2.05, 4.69) is 109 Å². The van der Waals surface area contributed by atoms with Gasteiger partial charge in [-0.2, -0.15) is 0 Å². The van der Waals surface area contributed by atoms with Crippen LogP contribution in [0.5, 0.6) is 0 Å². The van der Waals surface area contributed by atoms with Gasteiger partial charge in [0.05, 0.1) is 42.6 Å². The maximum absolute atomic E-state index is 17.9. The van der Waals surface area contributed by atoms with Gasteiger partial charge in [-0.05, 0) is 196 Å². The van der Waals surface area contributed by atoms with Crippen molar-refractivity contribution in [3.8, 4) is 0 Å². The molecule has 6 bridgehead atoms. The average Bonchev–Trinajstić information content (AvgIpc) is 1.40. The van der Waals surface area contributed by atoms with Crippen molar-refractivity contribution in [1.82, 2.24) is 10.2 Å². The lowest BCUT2D eigenvalue weighted by atomic mass is 9.29. The molecule has 29 unspecified atom stereocenters. The van der Waals surface area contributed by atoms with Crippen LogP contribution in [0.2, 0.25) is 0 Å². The third-order valence-electron chi connectivity index (χ3n) is 31.5. The van der Waals surface area contributed by atoms with Crippen LogP contribution in [-0.4, -0.2) is 106 Å². The molecule has 1 aromatic heterocycles. The topological polar surface area (TPSA) is 181 Å². The Morgan fingerprint density at radius 1 is 0.867 bits per heavy atom. The van der Waals surface area contributed by atoms with Crippen LogP contribution >= 0.6 is 0 Å². The number of allylic oxidation sites excluding steroid dienone is 5. The Morgan fingerprint density at radius 3 is 2.62 bits per heavy atom. The van der Waals surface area contributed by atoms with Gasteiger partial charge < -0.3 is 43.6 Å². The molecule has 1 aromatic carbocycles. The van der Waals surface area contributed by atoms with Gasteiger partial charge in [0.25, 0.3) is 0 Å². The Kier molecular flexibility index (Phi) is 11.4. The van der Waals surface area contributed by atoms with Crippen LogP contribution in [0.4, 0.5) is 0 Å². The van der Waals surface area contributed by atoms with Crippen molar-refractivity contribution in [2.24, 2.45) is 121 Å². The minimum atomic E-state index is -1.54. The second-order valence-electron chi connectivity index (χ2n) is 33.9. The third kappa shape index (κ3) is 6.15. The van der Waals surface area contributed by atoms with Crippen LogP contribution in [0.15, 0.2) is 107 Å². The maximum Gasteiger partial charge on any atom is 0.339 e. The summed E-state index contributed by atoms with van der Waals surface area (Å²) in [5, 5.41) is 41.6. The first-order chi connectivity index (χ1) is 43.7. The summed E-state index contributed by atoms with van der Waals surface area (Å²) in [6.45, 7) is 6.24. The summed E-state index contributed by atoms with van der Waals surface area (Å²) in [4.78, 5) is 52.7. The number of ether oxygens (including phenoxy) is 4. The smallest absolute Gasteiger partial charge is 0.339 e. The molecule has 8 heterocycles. The van der Waals surface area contributed by atoms with Crippen LogP contribution in [0.25, 0.3) is 0 Å². The molecule has 13 fully saturated rings. The molecule has 7 spiro atoms. The van der Waals surface area contributed by atoms with Crippen molar-refractivity contribution in [3.63, 3.8) is 0 Å². The minimum Gasteiger partial charge on any atom is -0.469 e. The number of hydrogen-bond donors (Lipinski definition) is 4. The van der Waals surface area contributed by atoms with Crippen LogP contribution in [0.3, 0.4) is 0 Å². The first-order valence-corrected chi connectivity index (χ1v) is 36.0. The van der Waals surface area contributed by atoms with Gasteiger partial charge in [0.1, 0.15) is 41.2 Å². The SMILES string of the molecule is CC1C2CCCCC2C=CC12C=CCC13OC45C(=CC21)CC1CC2C=CC46C(=O)OCC54C3C(=O)C(O)C3(C5CCCC(Cc7ccccc7)C5)C4C(CC4(C)C(c5ccoc5CC(C(O)CO)C5CCC7C(C=CN8CNCC78)C5)OC(=O)C5OC543)CC16C2. The maximum atomic E-state index is 17.9. The van der Waals surface area contributed by atoms with E-state index in [0.717, 1.165) is 89.4 Å². The largest absolute Gasteiger partial charge is 0.469 e. The van der Waals surface area contributed by atoms with Crippen molar-refractivity contribution < 1.29 is 53.1 Å². The molecular weight excluding hydrogens is 1130 g/mol. The summed E-state index contributed by atoms with van der Waals surface area (Å²) in [5.74, 6) is 0.315.